The highest BCUT2D eigenvalue weighted by atomic mass is 32.1. The molecule has 1 fully saturated rings. The molecule has 0 aliphatic heterocycles. The Hall–Kier alpha value is -2.34. The van der Waals surface area contributed by atoms with Crippen molar-refractivity contribution in [1.82, 2.24) is 9.78 Å². The number of nitrogens with zero attached hydrogens (tertiary/aromatic N) is 3. The van der Waals surface area contributed by atoms with E-state index in [0.29, 0.717) is 16.3 Å². The van der Waals surface area contributed by atoms with E-state index in [4.69, 9.17) is 0 Å². The number of thiophene rings is 1. The molecule has 1 amide bonds. The van der Waals surface area contributed by atoms with E-state index in [1.807, 2.05) is 0 Å². The molecule has 2 aliphatic rings. The number of hydrogen-bond acceptors (Lipinski definition) is 4. The lowest BCUT2D eigenvalue weighted by atomic mass is 9.96. The van der Waals surface area contributed by atoms with Gasteiger partial charge in [-0.2, -0.15) is 23.5 Å². The van der Waals surface area contributed by atoms with E-state index < -0.39 is 11.9 Å². The number of halogens is 3. The van der Waals surface area contributed by atoms with Crippen LogP contribution in [0.1, 0.15) is 65.4 Å². The van der Waals surface area contributed by atoms with Crippen LogP contribution in [0.3, 0.4) is 0 Å². The van der Waals surface area contributed by atoms with Crippen molar-refractivity contribution in [3.8, 4) is 6.07 Å². The predicted molar refractivity (Wildman–Crippen MR) is 98.1 cm³/mol. The number of aryl methyl sites for hydroxylation is 2. The summed E-state index contributed by atoms with van der Waals surface area (Å²) in [6, 6.07) is 3.28. The fourth-order valence-corrected chi connectivity index (χ4v) is 4.88. The summed E-state index contributed by atoms with van der Waals surface area (Å²) in [4.78, 5) is 13.5. The van der Waals surface area contributed by atoms with Crippen LogP contribution in [-0.2, 0) is 30.4 Å². The Balaban J connectivity index is 1.45. The largest absolute Gasteiger partial charge is 0.435 e. The fraction of sp³-hybridized carbons (Fsp3) is 0.526. The molecule has 28 heavy (non-hydrogen) atoms. The summed E-state index contributed by atoms with van der Waals surface area (Å²) in [6.45, 7) is 0.0841. The molecule has 2 heterocycles. The molecule has 0 atom stereocenters. The number of carbonyl (C=O) groups is 1. The van der Waals surface area contributed by atoms with E-state index in [1.165, 1.54) is 16.0 Å². The van der Waals surface area contributed by atoms with Gasteiger partial charge in [0.15, 0.2) is 5.69 Å². The highest BCUT2D eigenvalue weighted by molar-refractivity contribution is 7.16. The maximum Gasteiger partial charge on any atom is 0.435 e. The van der Waals surface area contributed by atoms with Gasteiger partial charge in [0.1, 0.15) is 11.1 Å². The molecule has 5 nitrogen and oxygen atoms in total. The van der Waals surface area contributed by atoms with Crippen LogP contribution in [0.2, 0.25) is 0 Å². The van der Waals surface area contributed by atoms with Crippen LogP contribution in [0.15, 0.2) is 6.07 Å². The molecule has 0 spiro atoms. The standard InChI is InChI=1S/C19H19F3N4OS/c20-19(21,22)16-9-14(11-5-6-11)26(25-16)8-7-17(27)24-18-13(10-23)12-3-1-2-4-15(12)28-18/h9,11H,1-8H2,(H,24,27). The minimum atomic E-state index is -4.49. The number of hydrogen-bond donors (Lipinski definition) is 1. The Morgan fingerprint density at radius 3 is 2.79 bits per heavy atom. The minimum absolute atomic E-state index is 0.00608. The molecular weight excluding hydrogens is 389 g/mol. The van der Waals surface area contributed by atoms with Crippen molar-refractivity contribution in [3.05, 3.63) is 33.5 Å². The average molecular weight is 408 g/mol. The number of aromatic nitrogens is 2. The van der Waals surface area contributed by atoms with Crippen molar-refractivity contribution in [1.29, 1.82) is 5.26 Å². The van der Waals surface area contributed by atoms with Crippen LogP contribution in [0, 0.1) is 11.3 Å². The Labute approximate surface area is 164 Å². The second-order valence-corrected chi connectivity index (χ2v) is 8.38. The number of nitriles is 1. The third-order valence-electron chi connectivity index (χ3n) is 5.18. The second-order valence-electron chi connectivity index (χ2n) is 7.27. The molecule has 148 valence electrons. The van der Waals surface area contributed by atoms with Gasteiger partial charge < -0.3 is 5.32 Å². The average Bonchev–Trinajstić information content (AvgIpc) is 3.29. The van der Waals surface area contributed by atoms with Gasteiger partial charge in [0.25, 0.3) is 0 Å². The monoisotopic (exact) mass is 408 g/mol. The lowest BCUT2D eigenvalue weighted by Gasteiger charge is -2.09. The second kappa shape index (κ2) is 7.24. The maximum atomic E-state index is 13.0. The number of rotatable bonds is 5. The van der Waals surface area contributed by atoms with E-state index in [-0.39, 0.29) is 24.8 Å². The first-order valence-electron chi connectivity index (χ1n) is 9.36. The molecule has 0 saturated heterocycles. The van der Waals surface area contributed by atoms with Gasteiger partial charge in [-0.15, -0.1) is 11.3 Å². The van der Waals surface area contributed by atoms with E-state index in [1.54, 1.807) is 0 Å². The molecule has 1 N–H and O–H groups in total. The first-order chi connectivity index (χ1) is 13.4. The van der Waals surface area contributed by atoms with Gasteiger partial charge in [0.2, 0.25) is 5.91 Å². The van der Waals surface area contributed by atoms with Crippen LogP contribution >= 0.6 is 11.3 Å². The SMILES string of the molecule is N#Cc1c(NC(=O)CCn2nc(C(F)(F)F)cc2C2CC2)sc2c1CCCC2. The fourth-order valence-electron chi connectivity index (χ4n) is 3.63. The summed E-state index contributed by atoms with van der Waals surface area (Å²) in [5, 5.41) is 16.5. The summed E-state index contributed by atoms with van der Waals surface area (Å²) in [5.41, 5.74) is 1.20. The van der Waals surface area contributed by atoms with Crippen molar-refractivity contribution in [2.24, 2.45) is 0 Å². The van der Waals surface area contributed by atoms with E-state index in [9.17, 15) is 23.2 Å². The number of alkyl halides is 3. The number of fused-ring (bicyclic) bond motifs is 1. The van der Waals surface area contributed by atoms with Crippen LogP contribution in [-0.4, -0.2) is 15.7 Å². The summed E-state index contributed by atoms with van der Waals surface area (Å²) in [7, 11) is 0. The minimum Gasteiger partial charge on any atom is -0.317 e. The van der Waals surface area contributed by atoms with Crippen molar-refractivity contribution in [2.75, 3.05) is 5.32 Å². The van der Waals surface area contributed by atoms with Gasteiger partial charge in [-0.25, -0.2) is 0 Å². The third-order valence-corrected chi connectivity index (χ3v) is 6.39. The molecular formula is C19H19F3N4OS. The van der Waals surface area contributed by atoms with Crippen LogP contribution in [0.25, 0.3) is 0 Å². The maximum absolute atomic E-state index is 13.0. The van der Waals surface area contributed by atoms with Gasteiger partial charge in [0, 0.05) is 29.5 Å². The van der Waals surface area contributed by atoms with Crippen molar-refractivity contribution >= 4 is 22.2 Å². The van der Waals surface area contributed by atoms with Crippen molar-refractivity contribution in [2.45, 2.75) is 63.6 Å². The first kappa shape index (κ1) is 19.0. The van der Waals surface area contributed by atoms with Gasteiger partial charge in [-0.3, -0.25) is 9.48 Å². The number of carbonyl (C=O) groups excluding carboxylic acids is 1. The lowest BCUT2D eigenvalue weighted by Crippen LogP contribution is -2.16. The normalized spacial score (nSPS) is 16.5. The predicted octanol–water partition coefficient (Wildman–Crippen LogP) is 4.62. The van der Waals surface area contributed by atoms with Gasteiger partial charge in [-0.05, 0) is 50.2 Å². The Kier molecular flexibility index (Phi) is 4.91. The van der Waals surface area contributed by atoms with Gasteiger partial charge in [-0.1, -0.05) is 0 Å². The van der Waals surface area contributed by atoms with Gasteiger partial charge in [0.05, 0.1) is 5.56 Å². The van der Waals surface area contributed by atoms with E-state index in [2.05, 4.69) is 16.5 Å². The topological polar surface area (TPSA) is 70.7 Å². The van der Waals surface area contributed by atoms with E-state index in [0.717, 1.165) is 55.0 Å². The van der Waals surface area contributed by atoms with Crippen LogP contribution in [0.5, 0.6) is 0 Å². The van der Waals surface area contributed by atoms with E-state index >= 15 is 0 Å². The molecule has 9 heteroatoms. The van der Waals surface area contributed by atoms with Crippen molar-refractivity contribution < 1.29 is 18.0 Å². The number of anilines is 1. The zero-order valence-corrected chi connectivity index (χ0v) is 15.9. The smallest absolute Gasteiger partial charge is 0.317 e. The zero-order chi connectivity index (χ0) is 19.9. The molecule has 0 aromatic carbocycles. The highest BCUT2D eigenvalue weighted by Crippen LogP contribution is 2.42. The molecule has 1 saturated carbocycles. The molecule has 0 radical (unpaired) electrons. The highest BCUT2D eigenvalue weighted by Gasteiger charge is 2.37. The summed E-state index contributed by atoms with van der Waals surface area (Å²) < 4.78 is 40.2. The summed E-state index contributed by atoms with van der Waals surface area (Å²) in [6.07, 6.45) is 1.10. The third kappa shape index (κ3) is 3.78. The van der Waals surface area contributed by atoms with Crippen LogP contribution in [0.4, 0.5) is 18.2 Å². The molecule has 2 aromatic rings. The van der Waals surface area contributed by atoms with Crippen molar-refractivity contribution in [3.63, 3.8) is 0 Å². The Bertz CT molecular complexity index is 950. The number of nitrogens with one attached hydrogen (secondary N) is 1. The lowest BCUT2D eigenvalue weighted by molar-refractivity contribution is -0.141. The summed E-state index contributed by atoms with van der Waals surface area (Å²) in [5.74, 6) is -0.221. The molecule has 0 bridgehead atoms. The molecule has 0 unspecified atom stereocenters. The zero-order valence-electron chi connectivity index (χ0n) is 15.1. The molecule has 4 rings (SSSR count). The Morgan fingerprint density at radius 1 is 1.36 bits per heavy atom. The molecule has 2 aliphatic carbocycles. The van der Waals surface area contributed by atoms with Gasteiger partial charge >= 0.3 is 6.18 Å². The quantitative estimate of drug-likeness (QED) is 0.785. The van der Waals surface area contributed by atoms with Crippen LogP contribution < -0.4 is 5.32 Å². The first-order valence-corrected chi connectivity index (χ1v) is 10.2. The summed E-state index contributed by atoms with van der Waals surface area (Å²) >= 11 is 1.44. The number of amides is 1. The Morgan fingerprint density at radius 2 is 2.11 bits per heavy atom. The molecule has 2 aromatic heterocycles.